The monoisotopic (exact) mass is 580 g/mol. The number of carbonyl (C=O) groups excluding carboxylic acids is 1. The van der Waals surface area contributed by atoms with Crippen LogP contribution in [0.1, 0.15) is 94.6 Å². The molecule has 2 N–H and O–H groups in total. The fraction of sp³-hybridized carbons (Fsp3) is 0.594. The van der Waals surface area contributed by atoms with E-state index in [4.69, 9.17) is 19.4 Å². The Morgan fingerprint density at radius 3 is 2.54 bits per heavy atom. The van der Waals surface area contributed by atoms with E-state index in [1.165, 1.54) is 21.4 Å². The van der Waals surface area contributed by atoms with Crippen LogP contribution in [0.2, 0.25) is 0 Å². The molecule has 8 nitrogen and oxygen atoms in total. The Bertz CT molecular complexity index is 1330. The first-order valence-corrected chi connectivity index (χ1v) is 15.8. The van der Waals surface area contributed by atoms with Crippen molar-refractivity contribution in [1.29, 1.82) is 0 Å². The number of nitrogens with zero attached hydrogens (tertiary/aromatic N) is 3. The van der Waals surface area contributed by atoms with Crippen molar-refractivity contribution in [3.63, 3.8) is 0 Å². The van der Waals surface area contributed by atoms with Gasteiger partial charge < -0.3 is 24.8 Å². The molecule has 2 aromatic heterocycles. The summed E-state index contributed by atoms with van der Waals surface area (Å²) >= 11 is 1.79. The van der Waals surface area contributed by atoms with Crippen molar-refractivity contribution in [2.24, 2.45) is 0 Å². The third-order valence-corrected chi connectivity index (χ3v) is 9.55. The topological polar surface area (TPSA) is 96.8 Å². The molecule has 0 saturated heterocycles. The van der Waals surface area contributed by atoms with Crippen LogP contribution in [0.15, 0.2) is 30.6 Å². The lowest BCUT2D eigenvalue weighted by atomic mass is 9.89. The van der Waals surface area contributed by atoms with E-state index in [0.29, 0.717) is 5.92 Å². The number of anilines is 1. The molecule has 0 spiro atoms. The number of fused-ring (bicyclic) bond motifs is 3. The van der Waals surface area contributed by atoms with Crippen LogP contribution < -0.4 is 15.0 Å². The molecule has 1 fully saturated rings. The van der Waals surface area contributed by atoms with Crippen molar-refractivity contribution in [3.05, 3.63) is 46.6 Å². The fourth-order valence-electron chi connectivity index (χ4n) is 6.31. The Hall–Kier alpha value is -2.91. The second kappa shape index (κ2) is 12.5. The zero-order valence-electron chi connectivity index (χ0n) is 25.0. The maximum absolute atomic E-state index is 12.4. The van der Waals surface area contributed by atoms with Crippen LogP contribution in [0.25, 0.3) is 10.2 Å². The zero-order chi connectivity index (χ0) is 29.1. The molecular formula is C32H44N4O4S. The van der Waals surface area contributed by atoms with E-state index >= 15 is 0 Å². The number of aryl methyl sites for hydroxylation is 1. The lowest BCUT2D eigenvalue weighted by Gasteiger charge is -2.38. The molecule has 1 unspecified atom stereocenters. The van der Waals surface area contributed by atoms with Gasteiger partial charge in [-0.25, -0.2) is 14.8 Å². The number of hydrogen-bond acceptors (Lipinski definition) is 8. The molecule has 2 aliphatic rings. The number of methoxy groups -OCH3 is 1. The summed E-state index contributed by atoms with van der Waals surface area (Å²) in [7, 11) is 1.69. The Morgan fingerprint density at radius 2 is 1.88 bits per heavy atom. The highest BCUT2D eigenvalue weighted by Crippen LogP contribution is 2.48. The SMILES string of the molecule is CCC(O)C[C@H]1CCc2sc3ncnc(N(Cc4ccc(OC)cc4)C4CCC(NC(=O)OC(C)(C)C)CC4)c3c21. The Kier molecular flexibility index (Phi) is 9.04. The Labute approximate surface area is 247 Å². The van der Waals surface area contributed by atoms with Gasteiger partial charge in [0.05, 0.1) is 18.6 Å². The molecule has 0 radical (unpaired) electrons. The molecule has 9 heteroatoms. The number of aliphatic hydroxyl groups excluding tert-OH is 1. The molecule has 0 aliphatic heterocycles. The number of alkyl carbamates (subject to hydrolysis) is 1. The summed E-state index contributed by atoms with van der Waals surface area (Å²) in [6, 6.07) is 8.63. The molecule has 1 saturated carbocycles. The van der Waals surface area contributed by atoms with Crippen LogP contribution in [-0.2, 0) is 17.7 Å². The second-order valence-electron chi connectivity index (χ2n) is 12.5. The first-order chi connectivity index (χ1) is 19.6. The standard InChI is InChI=1S/C32H44N4O4S/c1-6-24(37)17-21-9-16-26-27(21)28-29(33-19-34-30(28)41-26)36(18-20-7-14-25(39-5)15-8-20)23-12-10-22(11-13-23)35-31(38)40-32(2,3)4/h7-8,14-15,19,21-24,37H,6,9-13,16-18H2,1-5H3,(H,35,38)/t21-,22?,23?,24?/m1/s1. The van der Waals surface area contributed by atoms with Gasteiger partial charge in [0.25, 0.3) is 0 Å². The predicted octanol–water partition coefficient (Wildman–Crippen LogP) is 6.73. The first kappa shape index (κ1) is 29.6. The third-order valence-electron chi connectivity index (χ3n) is 8.38. The number of hydrogen-bond donors (Lipinski definition) is 2. The quantitative estimate of drug-likeness (QED) is 0.290. The summed E-state index contributed by atoms with van der Waals surface area (Å²) in [6.45, 7) is 8.43. The summed E-state index contributed by atoms with van der Waals surface area (Å²) in [6.07, 6.45) is 8.35. The molecule has 222 valence electrons. The van der Waals surface area contributed by atoms with Gasteiger partial charge in [-0.15, -0.1) is 11.3 Å². The number of benzene rings is 1. The summed E-state index contributed by atoms with van der Waals surface area (Å²) in [4.78, 5) is 27.0. The molecule has 0 bridgehead atoms. The molecule has 2 aliphatic carbocycles. The van der Waals surface area contributed by atoms with Crippen LogP contribution in [0.5, 0.6) is 5.75 Å². The molecule has 2 heterocycles. The summed E-state index contributed by atoms with van der Waals surface area (Å²) in [5, 5.41) is 14.8. The number of aliphatic hydroxyl groups is 1. The second-order valence-corrected chi connectivity index (χ2v) is 13.6. The largest absolute Gasteiger partial charge is 0.497 e. The van der Waals surface area contributed by atoms with Gasteiger partial charge in [-0.3, -0.25) is 0 Å². The van der Waals surface area contributed by atoms with E-state index < -0.39 is 5.60 Å². The van der Waals surface area contributed by atoms with Gasteiger partial charge in [0.15, 0.2) is 0 Å². The minimum Gasteiger partial charge on any atom is -0.497 e. The van der Waals surface area contributed by atoms with Gasteiger partial charge in [-0.2, -0.15) is 0 Å². The van der Waals surface area contributed by atoms with E-state index in [1.54, 1.807) is 24.8 Å². The number of aromatic nitrogens is 2. The number of amides is 1. The van der Waals surface area contributed by atoms with E-state index in [2.05, 4.69) is 22.3 Å². The van der Waals surface area contributed by atoms with E-state index in [0.717, 1.165) is 74.3 Å². The van der Waals surface area contributed by atoms with Crippen molar-refractivity contribution in [2.75, 3.05) is 12.0 Å². The average Bonchev–Trinajstić information content (AvgIpc) is 3.51. The van der Waals surface area contributed by atoms with Gasteiger partial charge in [0, 0.05) is 23.5 Å². The van der Waals surface area contributed by atoms with Gasteiger partial charge in [0.1, 0.15) is 28.3 Å². The molecule has 2 atom stereocenters. The fourth-order valence-corrected chi connectivity index (χ4v) is 7.55. The Balaban J connectivity index is 1.44. The Morgan fingerprint density at radius 1 is 1.15 bits per heavy atom. The summed E-state index contributed by atoms with van der Waals surface area (Å²) in [5.41, 5.74) is 2.03. The molecular weight excluding hydrogens is 536 g/mol. The number of carbonyl (C=O) groups is 1. The molecule has 5 rings (SSSR count). The van der Waals surface area contributed by atoms with Crippen molar-refractivity contribution in [1.82, 2.24) is 15.3 Å². The van der Waals surface area contributed by atoms with Crippen molar-refractivity contribution in [2.45, 2.75) is 115 Å². The van der Waals surface area contributed by atoms with Crippen LogP contribution in [-0.4, -0.2) is 52.1 Å². The van der Waals surface area contributed by atoms with Gasteiger partial charge >= 0.3 is 6.09 Å². The smallest absolute Gasteiger partial charge is 0.407 e. The van der Waals surface area contributed by atoms with Crippen LogP contribution in [0.4, 0.5) is 10.6 Å². The summed E-state index contributed by atoms with van der Waals surface area (Å²) in [5.74, 6) is 2.16. The molecule has 41 heavy (non-hydrogen) atoms. The normalized spacial score (nSPS) is 21.4. The molecule has 1 amide bonds. The third kappa shape index (κ3) is 6.95. The highest BCUT2D eigenvalue weighted by Gasteiger charge is 2.34. The van der Waals surface area contributed by atoms with E-state index in [-0.39, 0.29) is 24.3 Å². The van der Waals surface area contributed by atoms with Gasteiger partial charge in [-0.05, 0) is 101 Å². The van der Waals surface area contributed by atoms with E-state index in [9.17, 15) is 9.90 Å². The minimum atomic E-state index is -0.513. The number of thiophene rings is 1. The maximum Gasteiger partial charge on any atom is 0.407 e. The first-order valence-electron chi connectivity index (χ1n) is 15.0. The van der Waals surface area contributed by atoms with Crippen molar-refractivity contribution in [3.8, 4) is 5.75 Å². The lowest BCUT2D eigenvalue weighted by molar-refractivity contribution is 0.0491. The predicted molar refractivity (Wildman–Crippen MR) is 164 cm³/mol. The van der Waals surface area contributed by atoms with Crippen LogP contribution in [0.3, 0.4) is 0 Å². The average molecular weight is 581 g/mol. The zero-order valence-corrected chi connectivity index (χ0v) is 25.8. The van der Waals surface area contributed by atoms with E-state index in [1.807, 2.05) is 39.8 Å². The maximum atomic E-state index is 12.4. The summed E-state index contributed by atoms with van der Waals surface area (Å²) < 4.78 is 10.9. The number of nitrogens with one attached hydrogen (secondary N) is 1. The minimum absolute atomic E-state index is 0.0969. The molecule has 3 aromatic rings. The highest BCUT2D eigenvalue weighted by atomic mass is 32.1. The van der Waals surface area contributed by atoms with Crippen molar-refractivity contribution >= 4 is 33.5 Å². The number of rotatable bonds is 9. The van der Waals surface area contributed by atoms with Gasteiger partial charge in [0.2, 0.25) is 0 Å². The number of ether oxygens (including phenoxy) is 2. The van der Waals surface area contributed by atoms with Crippen molar-refractivity contribution < 1.29 is 19.4 Å². The van der Waals surface area contributed by atoms with Crippen LogP contribution >= 0.6 is 11.3 Å². The lowest BCUT2D eigenvalue weighted by Crippen LogP contribution is -2.45. The highest BCUT2D eigenvalue weighted by molar-refractivity contribution is 7.19. The van der Waals surface area contributed by atoms with Crippen LogP contribution in [0, 0.1) is 0 Å². The van der Waals surface area contributed by atoms with Gasteiger partial charge in [-0.1, -0.05) is 19.1 Å². The molecule has 1 aromatic carbocycles.